The van der Waals surface area contributed by atoms with Gasteiger partial charge in [0.15, 0.2) is 0 Å². The molecule has 0 atom stereocenters. The molecule has 0 aromatic heterocycles. The van der Waals surface area contributed by atoms with Crippen molar-refractivity contribution in [3.05, 3.63) is 64.7 Å². The lowest BCUT2D eigenvalue weighted by Crippen LogP contribution is -2.01. The van der Waals surface area contributed by atoms with Crippen molar-refractivity contribution in [2.45, 2.75) is 26.1 Å². The molecular formula is C18H23NOS. The second kappa shape index (κ2) is 8.11. The van der Waals surface area contributed by atoms with Crippen molar-refractivity contribution in [3.8, 4) is 5.75 Å². The molecule has 3 heteroatoms. The van der Waals surface area contributed by atoms with Crippen molar-refractivity contribution < 1.29 is 4.74 Å². The smallest absolute Gasteiger partial charge is 0.119 e. The molecule has 0 saturated heterocycles. The minimum Gasteiger partial charge on any atom is -0.493 e. The van der Waals surface area contributed by atoms with Crippen LogP contribution in [0, 0.1) is 13.8 Å². The fourth-order valence-electron chi connectivity index (χ4n) is 2.28. The standard InChI is InChI=1S/C18H23NOS/c1-14-9-15(2)11-17(10-14)13-21-8-7-20-18-5-3-16(12-19)4-6-18/h3-6,9-11H,7-8,12-13,19H2,1-2H3. The zero-order valence-electron chi connectivity index (χ0n) is 12.8. The van der Waals surface area contributed by atoms with Gasteiger partial charge >= 0.3 is 0 Å². The normalized spacial score (nSPS) is 10.6. The number of thioether (sulfide) groups is 1. The van der Waals surface area contributed by atoms with Crippen LogP contribution in [0.5, 0.6) is 5.75 Å². The third kappa shape index (κ3) is 5.44. The van der Waals surface area contributed by atoms with Crippen LogP contribution in [0.1, 0.15) is 22.3 Å². The summed E-state index contributed by atoms with van der Waals surface area (Å²) < 4.78 is 5.73. The van der Waals surface area contributed by atoms with Crippen LogP contribution < -0.4 is 10.5 Å². The molecule has 0 spiro atoms. The van der Waals surface area contributed by atoms with Crippen molar-refractivity contribution in [2.24, 2.45) is 5.73 Å². The summed E-state index contributed by atoms with van der Waals surface area (Å²) in [5.74, 6) is 2.95. The van der Waals surface area contributed by atoms with E-state index in [0.717, 1.165) is 29.4 Å². The Labute approximate surface area is 131 Å². The van der Waals surface area contributed by atoms with Crippen LogP contribution in [0.4, 0.5) is 0 Å². The first-order chi connectivity index (χ1) is 10.2. The first-order valence-electron chi connectivity index (χ1n) is 7.24. The first-order valence-corrected chi connectivity index (χ1v) is 8.39. The van der Waals surface area contributed by atoms with Crippen molar-refractivity contribution in [1.29, 1.82) is 0 Å². The molecule has 0 unspecified atom stereocenters. The number of ether oxygens (including phenoxy) is 1. The zero-order chi connectivity index (χ0) is 15.1. The molecule has 112 valence electrons. The van der Waals surface area contributed by atoms with Crippen LogP contribution in [-0.2, 0) is 12.3 Å². The number of hydrogen-bond acceptors (Lipinski definition) is 3. The molecule has 0 saturated carbocycles. The molecule has 2 rings (SSSR count). The van der Waals surface area contributed by atoms with Crippen molar-refractivity contribution >= 4 is 11.8 Å². The second-order valence-electron chi connectivity index (χ2n) is 5.25. The molecule has 2 nitrogen and oxygen atoms in total. The topological polar surface area (TPSA) is 35.2 Å². The van der Waals surface area contributed by atoms with Gasteiger partial charge in [-0.3, -0.25) is 0 Å². The van der Waals surface area contributed by atoms with E-state index < -0.39 is 0 Å². The Bertz CT molecular complexity index is 546. The minimum absolute atomic E-state index is 0.575. The monoisotopic (exact) mass is 301 g/mol. The summed E-state index contributed by atoms with van der Waals surface area (Å²) in [7, 11) is 0. The summed E-state index contributed by atoms with van der Waals surface area (Å²) in [5, 5.41) is 0. The highest BCUT2D eigenvalue weighted by molar-refractivity contribution is 7.98. The van der Waals surface area contributed by atoms with Gasteiger partial charge in [-0.15, -0.1) is 0 Å². The van der Waals surface area contributed by atoms with E-state index in [1.807, 2.05) is 36.0 Å². The van der Waals surface area contributed by atoms with E-state index in [-0.39, 0.29) is 0 Å². The molecule has 0 amide bonds. The van der Waals surface area contributed by atoms with E-state index in [4.69, 9.17) is 10.5 Å². The highest BCUT2D eigenvalue weighted by Crippen LogP contribution is 2.17. The van der Waals surface area contributed by atoms with Crippen LogP contribution in [0.3, 0.4) is 0 Å². The third-order valence-corrected chi connectivity index (χ3v) is 4.20. The number of benzene rings is 2. The summed E-state index contributed by atoms with van der Waals surface area (Å²) in [5.41, 5.74) is 10.8. The Morgan fingerprint density at radius 2 is 1.62 bits per heavy atom. The van der Waals surface area contributed by atoms with Gasteiger partial charge in [0.1, 0.15) is 5.75 Å². The summed E-state index contributed by atoms with van der Waals surface area (Å²) >= 11 is 1.91. The lowest BCUT2D eigenvalue weighted by molar-refractivity contribution is 0.344. The fourth-order valence-corrected chi connectivity index (χ4v) is 3.03. The third-order valence-electron chi connectivity index (χ3n) is 3.21. The fraction of sp³-hybridized carbons (Fsp3) is 0.333. The number of hydrogen-bond donors (Lipinski definition) is 1. The van der Waals surface area contributed by atoms with Crippen LogP contribution in [0.15, 0.2) is 42.5 Å². The average molecular weight is 301 g/mol. The molecular weight excluding hydrogens is 278 g/mol. The van der Waals surface area contributed by atoms with Crippen LogP contribution in [-0.4, -0.2) is 12.4 Å². The van der Waals surface area contributed by atoms with Gasteiger partial charge in [0.25, 0.3) is 0 Å². The molecule has 2 aromatic rings. The maximum absolute atomic E-state index is 5.73. The van der Waals surface area contributed by atoms with Crippen LogP contribution >= 0.6 is 11.8 Å². The molecule has 21 heavy (non-hydrogen) atoms. The lowest BCUT2D eigenvalue weighted by atomic mass is 10.1. The molecule has 0 aliphatic rings. The highest BCUT2D eigenvalue weighted by Gasteiger charge is 1.98. The number of nitrogens with two attached hydrogens (primary N) is 1. The largest absolute Gasteiger partial charge is 0.493 e. The van der Waals surface area contributed by atoms with Gasteiger partial charge in [0.05, 0.1) is 6.61 Å². The molecule has 0 fully saturated rings. The number of rotatable bonds is 7. The Balaban J connectivity index is 1.69. The van der Waals surface area contributed by atoms with Gasteiger partial charge in [0, 0.05) is 18.1 Å². The molecule has 2 aromatic carbocycles. The highest BCUT2D eigenvalue weighted by atomic mass is 32.2. The Morgan fingerprint density at radius 3 is 2.24 bits per heavy atom. The maximum atomic E-state index is 5.73. The molecule has 0 aliphatic heterocycles. The Morgan fingerprint density at radius 1 is 0.952 bits per heavy atom. The first kappa shape index (κ1) is 15.9. The quantitative estimate of drug-likeness (QED) is 0.783. The van der Waals surface area contributed by atoms with E-state index in [1.165, 1.54) is 16.7 Å². The molecule has 0 bridgehead atoms. The van der Waals surface area contributed by atoms with E-state index in [1.54, 1.807) is 0 Å². The van der Waals surface area contributed by atoms with Gasteiger partial charge in [-0.2, -0.15) is 11.8 Å². The maximum Gasteiger partial charge on any atom is 0.119 e. The van der Waals surface area contributed by atoms with Crippen molar-refractivity contribution in [2.75, 3.05) is 12.4 Å². The molecule has 2 N–H and O–H groups in total. The summed E-state index contributed by atoms with van der Waals surface area (Å²) in [6, 6.07) is 14.7. The Hall–Kier alpha value is -1.45. The summed E-state index contributed by atoms with van der Waals surface area (Å²) in [6.45, 7) is 5.61. The number of aryl methyl sites for hydroxylation is 2. The summed E-state index contributed by atoms with van der Waals surface area (Å²) in [6.07, 6.45) is 0. The zero-order valence-corrected chi connectivity index (χ0v) is 13.6. The van der Waals surface area contributed by atoms with Gasteiger partial charge in [-0.25, -0.2) is 0 Å². The van der Waals surface area contributed by atoms with E-state index >= 15 is 0 Å². The predicted molar refractivity (Wildman–Crippen MR) is 91.9 cm³/mol. The van der Waals surface area contributed by atoms with Gasteiger partial charge < -0.3 is 10.5 Å². The molecule has 0 radical (unpaired) electrons. The predicted octanol–water partition coefficient (Wildman–Crippen LogP) is 4.07. The van der Waals surface area contributed by atoms with Crippen LogP contribution in [0.25, 0.3) is 0 Å². The summed E-state index contributed by atoms with van der Waals surface area (Å²) in [4.78, 5) is 0. The minimum atomic E-state index is 0.575. The van der Waals surface area contributed by atoms with E-state index in [9.17, 15) is 0 Å². The van der Waals surface area contributed by atoms with Crippen molar-refractivity contribution in [1.82, 2.24) is 0 Å². The van der Waals surface area contributed by atoms with Gasteiger partial charge in [0.2, 0.25) is 0 Å². The van der Waals surface area contributed by atoms with Gasteiger partial charge in [-0.1, -0.05) is 41.5 Å². The second-order valence-corrected chi connectivity index (χ2v) is 6.35. The van der Waals surface area contributed by atoms with Crippen molar-refractivity contribution in [3.63, 3.8) is 0 Å². The lowest BCUT2D eigenvalue weighted by Gasteiger charge is -2.08. The Kier molecular flexibility index (Phi) is 6.15. The van der Waals surface area contributed by atoms with E-state index in [2.05, 4.69) is 32.0 Å². The molecule has 0 heterocycles. The SMILES string of the molecule is Cc1cc(C)cc(CSCCOc2ccc(CN)cc2)c1. The van der Waals surface area contributed by atoms with Crippen LogP contribution in [0.2, 0.25) is 0 Å². The van der Waals surface area contributed by atoms with E-state index in [0.29, 0.717) is 6.54 Å². The average Bonchev–Trinajstić information content (AvgIpc) is 2.46. The van der Waals surface area contributed by atoms with Gasteiger partial charge in [-0.05, 0) is 37.1 Å². The molecule has 0 aliphatic carbocycles.